The van der Waals surface area contributed by atoms with Gasteiger partial charge in [-0.25, -0.2) is 8.78 Å². The van der Waals surface area contributed by atoms with Crippen molar-refractivity contribution in [2.75, 3.05) is 0 Å². The molecule has 0 saturated carbocycles. The lowest BCUT2D eigenvalue weighted by Crippen LogP contribution is -1.84. The highest BCUT2D eigenvalue weighted by atomic mass is 35.5. The van der Waals surface area contributed by atoms with Crippen molar-refractivity contribution < 1.29 is 8.78 Å². The standard InChI is InChI=1S/C6H2Cl2F2/c7-3-1-2-4(9)6(10)5(3)8/h1-2H. The van der Waals surface area contributed by atoms with Gasteiger partial charge in [-0.3, -0.25) is 0 Å². The second kappa shape index (κ2) is 2.72. The summed E-state index contributed by atoms with van der Waals surface area (Å²) >= 11 is 10.6. The predicted molar refractivity (Wildman–Crippen MR) is 36.4 cm³/mol. The Bertz CT molecular complexity index is 233. The molecular weight excluding hydrogens is 181 g/mol. The van der Waals surface area contributed by atoms with E-state index in [9.17, 15) is 8.78 Å². The zero-order chi connectivity index (χ0) is 7.72. The van der Waals surface area contributed by atoms with E-state index < -0.39 is 11.6 Å². The first kappa shape index (κ1) is 7.76. The van der Waals surface area contributed by atoms with E-state index in [1.807, 2.05) is 0 Å². The molecule has 1 rings (SSSR count). The fourth-order valence-electron chi connectivity index (χ4n) is 0.502. The average Bonchev–Trinajstić information content (AvgIpc) is 1.93. The molecule has 0 radical (unpaired) electrons. The lowest BCUT2D eigenvalue weighted by atomic mass is 10.3. The molecule has 0 aliphatic carbocycles. The summed E-state index contributed by atoms with van der Waals surface area (Å²) in [6.07, 6.45) is 0. The molecule has 4 heteroatoms. The number of hydrogen-bond donors (Lipinski definition) is 0. The molecule has 0 saturated heterocycles. The van der Waals surface area contributed by atoms with Crippen LogP contribution in [0.2, 0.25) is 10.0 Å². The van der Waals surface area contributed by atoms with Crippen LogP contribution in [0.3, 0.4) is 0 Å². The topological polar surface area (TPSA) is 0 Å². The number of halogens is 4. The molecule has 0 heterocycles. The Kier molecular flexibility index (Phi) is 2.11. The van der Waals surface area contributed by atoms with Crippen LogP contribution in [0, 0.1) is 11.6 Å². The molecule has 0 unspecified atom stereocenters. The van der Waals surface area contributed by atoms with E-state index in [1.54, 1.807) is 0 Å². The second-order valence-electron chi connectivity index (χ2n) is 1.66. The van der Waals surface area contributed by atoms with E-state index in [2.05, 4.69) is 0 Å². The highest BCUT2D eigenvalue weighted by Crippen LogP contribution is 2.25. The van der Waals surface area contributed by atoms with E-state index in [-0.39, 0.29) is 10.0 Å². The maximum Gasteiger partial charge on any atom is 0.178 e. The fraction of sp³-hybridized carbons (Fsp3) is 0. The summed E-state index contributed by atoms with van der Waals surface area (Å²) in [4.78, 5) is 0. The third-order valence-electron chi connectivity index (χ3n) is 0.988. The average molecular weight is 183 g/mol. The maximum absolute atomic E-state index is 12.4. The van der Waals surface area contributed by atoms with Gasteiger partial charge in [0.2, 0.25) is 0 Å². The Hall–Kier alpha value is -0.340. The third kappa shape index (κ3) is 1.22. The van der Waals surface area contributed by atoms with Gasteiger partial charge in [0.15, 0.2) is 11.6 Å². The zero-order valence-corrected chi connectivity index (χ0v) is 6.18. The minimum absolute atomic E-state index is 0.0144. The fourth-order valence-corrected chi connectivity index (χ4v) is 0.802. The highest BCUT2D eigenvalue weighted by molar-refractivity contribution is 6.42. The molecule has 0 N–H and O–H groups in total. The largest absolute Gasteiger partial charge is 0.204 e. The van der Waals surface area contributed by atoms with Crippen LogP contribution < -0.4 is 0 Å². The Labute approximate surface area is 66.4 Å². The molecule has 0 nitrogen and oxygen atoms in total. The van der Waals surface area contributed by atoms with Crippen molar-refractivity contribution in [3.05, 3.63) is 33.8 Å². The summed E-state index contributed by atoms with van der Waals surface area (Å²) in [5, 5.41) is -0.359. The van der Waals surface area contributed by atoms with Gasteiger partial charge in [0.25, 0.3) is 0 Å². The van der Waals surface area contributed by atoms with E-state index in [0.29, 0.717) is 0 Å². The number of rotatable bonds is 0. The smallest absolute Gasteiger partial charge is 0.178 e. The quantitative estimate of drug-likeness (QED) is 0.427. The molecule has 10 heavy (non-hydrogen) atoms. The molecule has 0 atom stereocenters. The van der Waals surface area contributed by atoms with Crippen LogP contribution >= 0.6 is 23.2 Å². The van der Waals surface area contributed by atoms with E-state index in [4.69, 9.17) is 23.2 Å². The SMILES string of the molecule is Fc1ccc(Cl)c(Cl)c1F. The van der Waals surface area contributed by atoms with Gasteiger partial charge in [-0.15, -0.1) is 0 Å². The monoisotopic (exact) mass is 182 g/mol. The van der Waals surface area contributed by atoms with Crippen molar-refractivity contribution in [2.24, 2.45) is 0 Å². The summed E-state index contributed by atoms with van der Waals surface area (Å²) in [5.74, 6) is -2.09. The summed E-state index contributed by atoms with van der Waals surface area (Å²) in [6, 6.07) is 2.12. The minimum atomic E-state index is -1.10. The molecule has 1 aromatic rings. The first-order valence-electron chi connectivity index (χ1n) is 2.42. The molecule has 0 fully saturated rings. The van der Waals surface area contributed by atoms with Crippen LogP contribution in [0.25, 0.3) is 0 Å². The molecule has 0 aliphatic heterocycles. The summed E-state index contributed by atoms with van der Waals surface area (Å²) in [6.45, 7) is 0. The van der Waals surface area contributed by atoms with E-state index in [0.717, 1.165) is 6.07 Å². The zero-order valence-electron chi connectivity index (χ0n) is 4.67. The van der Waals surface area contributed by atoms with Crippen molar-refractivity contribution in [3.8, 4) is 0 Å². The summed E-state index contributed by atoms with van der Waals surface area (Å²) in [7, 11) is 0. The second-order valence-corrected chi connectivity index (χ2v) is 2.44. The van der Waals surface area contributed by atoms with Gasteiger partial charge in [0.05, 0.1) is 10.0 Å². The third-order valence-corrected chi connectivity index (χ3v) is 1.77. The van der Waals surface area contributed by atoms with E-state index >= 15 is 0 Å². The van der Waals surface area contributed by atoms with Gasteiger partial charge >= 0.3 is 0 Å². The Morgan fingerprint density at radius 3 is 2.20 bits per heavy atom. The lowest BCUT2D eigenvalue weighted by Gasteiger charge is -1.96. The molecule has 0 aliphatic rings. The van der Waals surface area contributed by atoms with Crippen molar-refractivity contribution in [1.29, 1.82) is 0 Å². The summed E-state index contributed by atoms with van der Waals surface area (Å²) in [5.41, 5.74) is 0. The normalized spacial score (nSPS) is 10.0. The Morgan fingerprint density at radius 1 is 1.10 bits per heavy atom. The maximum atomic E-state index is 12.4. The molecular formula is C6H2Cl2F2. The Morgan fingerprint density at radius 2 is 1.70 bits per heavy atom. The van der Waals surface area contributed by atoms with Gasteiger partial charge in [-0.1, -0.05) is 23.2 Å². The first-order valence-corrected chi connectivity index (χ1v) is 3.17. The Balaban J connectivity index is 3.34. The molecule has 0 spiro atoms. The number of benzene rings is 1. The van der Waals surface area contributed by atoms with Crippen LogP contribution in [0.4, 0.5) is 8.78 Å². The van der Waals surface area contributed by atoms with Crippen molar-refractivity contribution in [2.45, 2.75) is 0 Å². The van der Waals surface area contributed by atoms with Crippen LogP contribution in [-0.4, -0.2) is 0 Å². The predicted octanol–water partition coefficient (Wildman–Crippen LogP) is 3.27. The van der Waals surface area contributed by atoms with Gasteiger partial charge in [0.1, 0.15) is 0 Å². The van der Waals surface area contributed by atoms with Gasteiger partial charge < -0.3 is 0 Å². The lowest BCUT2D eigenvalue weighted by molar-refractivity contribution is 0.509. The van der Waals surface area contributed by atoms with Gasteiger partial charge in [-0.05, 0) is 12.1 Å². The van der Waals surface area contributed by atoms with Crippen molar-refractivity contribution in [1.82, 2.24) is 0 Å². The van der Waals surface area contributed by atoms with Crippen molar-refractivity contribution >= 4 is 23.2 Å². The van der Waals surface area contributed by atoms with Crippen LogP contribution in [0.15, 0.2) is 12.1 Å². The molecule has 1 aromatic carbocycles. The molecule has 0 aromatic heterocycles. The van der Waals surface area contributed by atoms with Crippen molar-refractivity contribution in [3.63, 3.8) is 0 Å². The minimum Gasteiger partial charge on any atom is -0.204 e. The summed E-state index contributed by atoms with van der Waals surface area (Å²) < 4.78 is 24.6. The molecule has 0 amide bonds. The first-order chi connectivity index (χ1) is 4.63. The number of hydrogen-bond acceptors (Lipinski definition) is 0. The highest BCUT2D eigenvalue weighted by Gasteiger charge is 2.08. The van der Waals surface area contributed by atoms with Crippen LogP contribution in [-0.2, 0) is 0 Å². The molecule has 54 valence electrons. The van der Waals surface area contributed by atoms with Crippen LogP contribution in [0.1, 0.15) is 0 Å². The van der Waals surface area contributed by atoms with Crippen LogP contribution in [0.5, 0.6) is 0 Å². The van der Waals surface area contributed by atoms with Gasteiger partial charge in [0, 0.05) is 0 Å². The molecule has 0 bridgehead atoms. The van der Waals surface area contributed by atoms with E-state index in [1.165, 1.54) is 6.07 Å². The van der Waals surface area contributed by atoms with Gasteiger partial charge in [-0.2, -0.15) is 0 Å².